The summed E-state index contributed by atoms with van der Waals surface area (Å²) in [6.45, 7) is 2.02. The molecule has 5 rings (SSSR count). The first-order valence-corrected chi connectivity index (χ1v) is 12.9. The summed E-state index contributed by atoms with van der Waals surface area (Å²) in [7, 11) is 2.87. The lowest BCUT2D eigenvalue weighted by Gasteiger charge is -2.35. The number of fused-ring (bicyclic) bond motifs is 2. The molecule has 2 aromatic rings. The zero-order valence-corrected chi connectivity index (χ0v) is 22.6. The number of carboxylic acids is 1. The van der Waals surface area contributed by atoms with E-state index in [9.17, 15) is 43.5 Å². The Morgan fingerprint density at radius 2 is 1.40 bits per heavy atom. The highest BCUT2D eigenvalue weighted by molar-refractivity contribution is 6.24. The van der Waals surface area contributed by atoms with Crippen LogP contribution in [-0.2, 0) is 0 Å². The summed E-state index contributed by atoms with van der Waals surface area (Å²) in [5.41, 5.74) is -0.550. The summed E-state index contributed by atoms with van der Waals surface area (Å²) < 4.78 is 0. The number of carboxylic acid groups (broad SMARTS) is 1. The number of aldehydes is 1. The number of carbonyl (C=O) groups excluding carboxylic acids is 7. The Morgan fingerprint density at radius 3 is 1.98 bits per heavy atom. The van der Waals surface area contributed by atoms with Gasteiger partial charge in [0, 0.05) is 58.9 Å². The molecule has 0 aromatic heterocycles. The topological polar surface area (TPSA) is 182 Å². The third kappa shape index (κ3) is 4.71. The van der Waals surface area contributed by atoms with E-state index in [0.717, 1.165) is 17.0 Å². The van der Waals surface area contributed by atoms with Gasteiger partial charge < -0.3 is 14.9 Å². The van der Waals surface area contributed by atoms with E-state index in [0.29, 0.717) is 25.9 Å². The van der Waals surface area contributed by atoms with Gasteiger partial charge in [0.1, 0.15) is 0 Å². The van der Waals surface area contributed by atoms with Gasteiger partial charge in [0.2, 0.25) is 0 Å². The fourth-order valence-electron chi connectivity index (χ4n) is 5.22. The van der Waals surface area contributed by atoms with Crippen molar-refractivity contribution in [2.45, 2.75) is 0 Å². The van der Waals surface area contributed by atoms with E-state index in [4.69, 9.17) is 0 Å². The van der Waals surface area contributed by atoms with E-state index in [1.165, 1.54) is 29.0 Å². The van der Waals surface area contributed by atoms with Gasteiger partial charge in [0.15, 0.2) is 6.29 Å². The number of carbonyl (C=O) groups is 8. The Bertz CT molecular complexity index is 1620. The van der Waals surface area contributed by atoms with Crippen molar-refractivity contribution in [3.63, 3.8) is 0 Å². The van der Waals surface area contributed by atoms with Crippen molar-refractivity contribution in [1.29, 1.82) is 0 Å². The van der Waals surface area contributed by atoms with Crippen LogP contribution in [0.4, 0.5) is 0 Å². The number of benzene rings is 2. The molecule has 3 aliphatic heterocycles. The van der Waals surface area contributed by atoms with Gasteiger partial charge in [-0.15, -0.1) is 0 Å². The van der Waals surface area contributed by atoms with Gasteiger partial charge in [-0.05, 0) is 24.3 Å². The molecule has 0 radical (unpaired) electrons. The largest absolute Gasteiger partial charge is 0.478 e. The van der Waals surface area contributed by atoms with Crippen LogP contribution >= 0.6 is 0 Å². The molecular formula is C28H25N5O9. The third-order valence-corrected chi connectivity index (χ3v) is 7.71. The van der Waals surface area contributed by atoms with Crippen molar-refractivity contribution < 1.29 is 43.5 Å². The molecule has 0 spiro atoms. The molecule has 14 nitrogen and oxygen atoms in total. The molecule has 216 valence electrons. The molecule has 0 aliphatic carbocycles. The molecule has 0 atom stereocenters. The van der Waals surface area contributed by atoms with Crippen LogP contribution in [0.15, 0.2) is 24.3 Å². The van der Waals surface area contributed by atoms with E-state index >= 15 is 0 Å². The average molecular weight is 576 g/mol. The lowest BCUT2D eigenvalue weighted by Crippen LogP contribution is -2.50. The smallest absolute Gasteiger partial charge is 0.336 e. The van der Waals surface area contributed by atoms with Crippen molar-refractivity contribution in [3.05, 3.63) is 68.8 Å². The highest BCUT2D eigenvalue weighted by atomic mass is 16.4. The minimum atomic E-state index is -1.40. The van der Waals surface area contributed by atoms with Crippen LogP contribution < -0.4 is 5.32 Å². The number of likely N-dealkylation sites (N-methyl/N-ethyl adjacent to an activating group) is 1. The standard InChI is InChI=1S/C28H25N5O9/c1-30(24(37)15-10-19-18(9-14(15)13-34)25(38)31(2)26(19)39)3-4-32-5-7-33(8-6-32)27(40)20-11-16-17(12-21(20)28(41)42)23(36)29-22(16)35/h9-13H,3-8H2,1-2H3,(H,41,42)(H,29,35,36). The quantitative estimate of drug-likeness (QED) is 0.332. The van der Waals surface area contributed by atoms with Crippen molar-refractivity contribution in [2.24, 2.45) is 0 Å². The Balaban J connectivity index is 1.22. The Hall–Kier alpha value is -5.24. The summed E-state index contributed by atoms with van der Waals surface area (Å²) in [6.07, 6.45) is 0.467. The van der Waals surface area contributed by atoms with Crippen LogP contribution in [0, 0.1) is 0 Å². The van der Waals surface area contributed by atoms with Crippen molar-refractivity contribution in [2.75, 3.05) is 53.4 Å². The summed E-state index contributed by atoms with van der Waals surface area (Å²) >= 11 is 0. The summed E-state index contributed by atoms with van der Waals surface area (Å²) in [6, 6.07) is 4.71. The van der Waals surface area contributed by atoms with Crippen LogP contribution in [0.3, 0.4) is 0 Å². The Kier molecular flexibility index (Phi) is 7.16. The lowest BCUT2D eigenvalue weighted by molar-refractivity contribution is 0.0597. The molecule has 2 N–H and O–H groups in total. The molecule has 14 heteroatoms. The van der Waals surface area contributed by atoms with Crippen molar-refractivity contribution >= 4 is 47.7 Å². The summed E-state index contributed by atoms with van der Waals surface area (Å²) in [5.74, 6) is -4.98. The predicted octanol–water partition coefficient (Wildman–Crippen LogP) is -0.163. The zero-order valence-electron chi connectivity index (χ0n) is 22.6. The maximum Gasteiger partial charge on any atom is 0.336 e. The van der Waals surface area contributed by atoms with Crippen LogP contribution in [0.5, 0.6) is 0 Å². The molecular weight excluding hydrogens is 550 g/mol. The summed E-state index contributed by atoms with van der Waals surface area (Å²) in [4.78, 5) is 104. The number of nitrogens with zero attached hydrogens (tertiary/aromatic N) is 4. The van der Waals surface area contributed by atoms with Gasteiger partial charge in [-0.1, -0.05) is 0 Å². The van der Waals surface area contributed by atoms with E-state index in [2.05, 4.69) is 5.32 Å². The summed E-state index contributed by atoms with van der Waals surface area (Å²) in [5, 5.41) is 11.7. The van der Waals surface area contributed by atoms with Gasteiger partial charge in [0.05, 0.1) is 38.9 Å². The van der Waals surface area contributed by atoms with E-state index < -0.39 is 41.4 Å². The molecule has 0 saturated carbocycles. The van der Waals surface area contributed by atoms with Gasteiger partial charge in [-0.25, -0.2) is 4.79 Å². The van der Waals surface area contributed by atoms with Crippen molar-refractivity contribution in [3.8, 4) is 0 Å². The first-order chi connectivity index (χ1) is 19.9. The number of rotatable bonds is 7. The monoisotopic (exact) mass is 575 g/mol. The molecule has 1 saturated heterocycles. The third-order valence-electron chi connectivity index (χ3n) is 7.71. The highest BCUT2D eigenvalue weighted by Crippen LogP contribution is 2.26. The van der Waals surface area contributed by atoms with Gasteiger partial charge in [0.25, 0.3) is 35.4 Å². The Labute approximate surface area is 238 Å². The van der Waals surface area contributed by atoms with E-state index in [1.54, 1.807) is 7.05 Å². The van der Waals surface area contributed by atoms with Gasteiger partial charge in [-0.3, -0.25) is 48.7 Å². The van der Waals surface area contributed by atoms with Crippen LogP contribution in [0.2, 0.25) is 0 Å². The predicted molar refractivity (Wildman–Crippen MR) is 143 cm³/mol. The SMILES string of the molecule is CN(CCN1CCN(C(=O)c2cc3c(cc2C(=O)O)C(=O)NC3=O)CC1)C(=O)c1cc2c(cc1C=O)C(=O)N(C)C2=O. The highest BCUT2D eigenvalue weighted by Gasteiger charge is 2.36. The van der Waals surface area contributed by atoms with Crippen LogP contribution in [-0.4, -0.2) is 126 Å². The maximum absolute atomic E-state index is 13.2. The van der Waals surface area contributed by atoms with Crippen LogP contribution in [0.1, 0.15) is 82.9 Å². The molecule has 0 bridgehead atoms. The average Bonchev–Trinajstić information content (AvgIpc) is 3.39. The molecule has 0 unspecified atom stereocenters. The van der Waals surface area contributed by atoms with Gasteiger partial charge >= 0.3 is 5.97 Å². The van der Waals surface area contributed by atoms with Crippen LogP contribution in [0.25, 0.3) is 0 Å². The number of amides is 6. The first kappa shape index (κ1) is 28.3. The Morgan fingerprint density at radius 1 is 0.857 bits per heavy atom. The number of aromatic carboxylic acids is 1. The number of hydrogen-bond acceptors (Lipinski definition) is 9. The fraction of sp³-hybridized carbons (Fsp3) is 0.286. The minimum absolute atomic E-state index is 0.00306. The minimum Gasteiger partial charge on any atom is -0.478 e. The second-order valence-corrected chi connectivity index (χ2v) is 10.2. The maximum atomic E-state index is 13.2. The number of piperazine rings is 1. The van der Waals surface area contributed by atoms with Gasteiger partial charge in [-0.2, -0.15) is 0 Å². The lowest BCUT2D eigenvalue weighted by atomic mass is 9.98. The number of nitrogens with one attached hydrogen (secondary N) is 1. The molecule has 2 aromatic carbocycles. The first-order valence-electron chi connectivity index (χ1n) is 12.9. The number of hydrogen-bond donors (Lipinski definition) is 2. The zero-order chi connectivity index (χ0) is 30.5. The second-order valence-electron chi connectivity index (χ2n) is 10.2. The molecule has 1 fully saturated rings. The normalized spacial score (nSPS) is 16.3. The van der Waals surface area contributed by atoms with E-state index in [-0.39, 0.29) is 64.1 Å². The molecule has 3 aliphatic rings. The molecule has 3 heterocycles. The number of imide groups is 2. The molecule has 6 amide bonds. The van der Waals surface area contributed by atoms with Crippen molar-refractivity contribution in [1.82, 2.24) is 24.9 Å². The fourth-order valence-corrected chi connectivity index (χ4v) is 5.22. The van der Waals surface area contributed by atoms with E-state index in [1.807, 2.05) is 4.90 Å². The molecule has 42 heavy (non-hydrogen) atoms. The second kappa shape index (κ2) is 10.6.